The molecule has 3 N–H and O–H groups in total. The summed E-state index contributed by atoms with van der Waals surface area (Å²) in [6.07, 6.45) is 0. The Morgan fingerprint density at radius 2 is 1.76 bits per heavy atom. The smallest absolute Gasteiger partial charge is 0.323 e. The van der Waals surface area contributed by atoms with E-state index in [0.717, 1.165) is 28.0 Å². The normalized spacial score (nSPS) is 20.4. The molecule has 37 heavy (non-hydrogen) atoms. The standard InChI is InChI=1S/C24H18ClN3O7S2/c25-12-3-5-13(6-4-12)26-15(29)10-35-14-7-1-11(2-8-14)17-18-20(36-21-19(17)37-24(34)27-21)23(33)28(22(18)32)9-16(30)31/h1-8,17-18,20H,9-10H2,(H,26,29)(H,27,34)(H,30,31)/t17-,18+,20-/m0/s1. The molecule has 10 nitrogen and oxygen atoms in total. The van der Waals surface area contributed by atoms with Crippen LogP contribution in [-0.4, -0.2) is 57.1 Å². The van der Waals surface area contributed by atoms with Gasteiger partial charge in [0.05, 0.1) is 10.9 Å². The summed E-state index contributed by atoms with van der Waals surface area (Å²) in [5.74, 6) is -3.89. The molecule has 13 heteroatoms. The first-order valence-electron chi connectivity index (χ1n) is 11.0. The minimum atomic E-state index is -1.29. The Kier molecular flexibility index (Phi) is 6.80. The molecular weight excluding hydrogens is 542 g/mol. The summed E-state index contributed by atoms with van der Waals surface area (Å²) >= 11 is 7.88. The molecule has 3 atom stereocenters. The monoisotopic (exact) mass is 559 g/mol. The molecule has 3 aromatic rings. The second-order valence-electron chi connectivity index (χ2n) is 8.32. The van der Waals surface area contributed by atoms with Crippen LogP contribution in [0.25, 0.3) is 0 Å². The van der Waals surface area contributed by atoms with Gasteiger partial charge < -0.3 is 20.1 Å². The van der Waals surface area contributed by atoms with Crippen LogP contribution in [0.1, 0.15) is 16.4 Å². The van der Waals surface area contributed by atoms with Crippen molar-refractivity contribution in [2.45, 2.75) is 16.2 Å². The molecule has 1 aromatic heterocycles. The molecular formula is C24H18ClN3O7S2. The van der Waals surface area contributed by atoms with Gasteiger partial charge in [-0.2, -0.15) is 0 Å². The maximum Gasteiger partial charge on any atom is 0.323 e. The highest BCUT2D eigenvalue weighted by atomic mass is 35.5. The van der Waals surface area contributed by atoms with Crippen LogP contribution in [-0.2, 0) is 19.2 Å². The highest BCUT2D eigenvalue weighted by Gasteiger charge is 2.56. The van der Waals surface area contributed by atoms with Crippen molar-refractivity contribution in [3.63, 3.8) is 0 Å². The molecule has 3 heterocycles. The van der Waals surface area contributed by atoms with Gasteiger partial charge in [-0.05, 0) is 42.0 Å². The number of H-pyrrole nitrogens is 1. The molecule has 0 aliphatic carbocycles. The molecule has 5 rings (SSSR count). The van der Waals surface area contributed by atoms with Gasteiger partial charge in [-0.1, -0.05) is 46.8 Å². The van der Waals surface area contributed by atoms with Gasteiger partial charge in [0.15, 0.2) is 6.61 Å². The van der Waals surface area contributed by atoms with Crippen molar-refractivity contribution in [2.24, 2.45) is 5.92 Å². The van der Waals surface area contributed by atoms with E-state index < -0.39 is 41.4 Å². The largest absolute Gasteiger partial charge is 0.484 e. The number of likely N-dealkylation sites (tertiary alicyclic amines) is 1. The van der Waals surface area contributed by atoms with E-state index in [1.54, 1.807) is 48.5 Å². The maximum absolute atomic E-state index is 13.2. The lowest BCUT2D eigenvalue weighted by atomic mass is 9.83. The molecule has 1 saturated heterocycles. The summed E-state index contributed by atoms with van der Waals surface area (Å²) in [5.41, 5.74) is 1.23. The fourth-order valence-corrected chi connectivity index (χ4v) is 7.04. The van der Waals surface area contributed by atoms with Crippen molar-refractivity contribution in [1.82, 2.24) is 9.88 Å². The Bertz CT molecular complexity index is 1450. The Balaban J connectivity index is 1.35. The average Bonchev–Trinajstić information content (AvgIpc) is 3.35. The number of imide groups is 1. The SMILES string of the molecule is O=C(O)CN1C(=O)[C@@H]2[C@H](c3ccc(OCC(=O)Nc4ccc(Cl)cc4)cc3)c3sc(=O)[nH]c3S[C@@H]2C1=O. The number of aromatic amines is 1. The number of carbonyl (C=O) groups is 4. The van der Waals surface area contributed by atoms with Crippen LogP contribution in [0.5, 0.6) is 5.75 Å². The van der Waals surface area contributed by atoms with Crippen molar-refractivity contribution < 1.29 is 29.0 Å². The molecule has 190 valence electrons. The number of carbonyl (C=O) groups excluding carboxylic acids is 3. The number of carboxylic acid groups (broad SMARTS) is 1. The highest BCUT2D eigenvalue weighted by molar-refractivity contribution is 8.00. The van der Waals surface area contributed by atoms with E-state index in [-0.39, 0.29) is 17.4 Å². The van der Waals surface area contributed by atoms with E-state index in [0.29, 0.717) is 31.9 Å². The van der Waals surface area contributed by atoms with Crippen molar-refractivity contribution in [2.75, 3.05) is 18.5 Å². The van der Waals surface area contributed by atoms with Crippen molar-refractivity contribution in [3.05, 3.63) is 73.7 Å². The van der Waals surface area contributed by atoms with Crippen LogP contribution >= 0.6 is 34.7 Å². The third kappa shape index (κ3) is 4.99. The number of anilines is 1. The lowest BCUT2D eigenvalue weighted by molar-refractivity contribution is -0.149. The minimum Gasteiger partial charge on any atom is -0.484 e. The number of thiazole rings is 1. The third-order valence-corrected chi connectivity index (χ3v) is 8.60. The Morgan fingerprint density at radius 1 is 1.05 bits per heavy atom. The predicted octanol–water partition coefficient (Wildman–Crippen LogP) is 2.78. The number of fused-ring (bicyclic) bond motifs is 2. The number of nitrogens with zero attached hydrogens (tertiary/aromatic N) is 1. The Hall–Kier alpha value is -3.61. The zero-order valence-electron chi connectivity index (χ0n) is 18.8. The Labute approximate surface area is 222 Å². The summed E-state index contributed by atoms with van der Waals surface area (Å²) < 4.78 is 5.57. The second kappa shape index (κ2) is 10.0. The molecule has 0 bridgehead atoms. The number of hydrogen-bond acceptors (Lipinski definition) is 8. The van der Waals surface area contributed by atoms with Gasteiger partial charge in [0.2, 0.25) is 11.8 Å². The number of ether oxygens (including phenoxy) is 1. The molecule has 0 radical (unpaired) electrons. The fraction of sp³-hybridized carbons (Fsp3) is 0.208. The quantitative estimate of drug-likeness (QED) is 0.375. The molecule has 1 fully saturated rings. The topological polar surface area (TPSA) is 146 Å². The van der Waals surface area contributed by atoms with E-state index in [4.69, 9.17) is 21.4 Å². The number of benzene rings is 2. The number of rotatable bonds is 7. The number of halogens is 1. The number of hydrogen-bond donors (Lipinski definition) is 3. The summed E-state index contributed by atoms with van der Waals surface area (Å²) in [7, 11) is 0. The summed E-state index contributed by atoms with van der Waals surface area (Å²) in [6, 6.07) is 13.3. The van der Waals surface area contributed by atoms with E-state index in [2.05, 4.69) is 10.3 Å². The first-order valence-corrected chi connectivity index (χ1v) is 13.0. The van der Waals surface area contributed by atoms with E-state index in [1.807, 2.05) is 0 Å². The second-order valence-corrected chi connectivity index (χ2v) is 10.9. The Morgan fingerprint density at radius 3 is 2.43 bits per heavy atom. The van der Waals surface area contributed by atoms with E-state index in [1.165, 1.54) is 0 Å². The zero-order chi connectivity index (χ0) is 26.3. The molecule has 0 saturated carbocycles. The van der Waals surface area contributed by atoms with Crippen molar-refractivity contribution >= 4 is 64.1 Å². The lowest BCUT2D eigenvalue weighted by Gasteiger charge is -2.29. The van der Waals surface area contributed by atoms with E-state index in [9.17, 15) is 24.0 Å². The predicted molar refractivity (Wildman–Crippen MR) is 136 cm³/mol. The number of aliphatic carboxylic acids is 1. The number of aromatic nitrogens is 1. The van der Waals surface area contributed by atoms with Gasteiger partial charge >= 0.3 is 10.8 Å². The molecule has 2 aromatic carbocycles. The first kappa shape index (κ1) is 25.1. The van der Waals surface area contributed by atoms with Gasteiger partial charge in [0.1, 0.15) is 17.5 Å². The van der Waals surface area contributed by atoms with Crippen molar-refractivity contribution in [3.8, 4) is 5.75 Å². The molecule has 0 spiro atoms. The first-order chi connectivity index (χ1) is 17.7. The number of nitrogens with one attached hydrogen (secondary N) is 2. The summed E-state index contributed by atoms with van der Waals surface area (Å²) in [6.45, 7) is -0.958. The van der Waals surface area contributed by atoms with E-state index >= 15 is 0 Å². The molecule has 3 amide bonds. The summed E-state index contributed by atoms with van der Waals surface area (Å²) in [4.78, 5) is 65.4. The van der Waals surface area contributed by atoms with Crippen molar-refractivity contribution in [1.29, 1.82) is 0 Å². The van der Waals surface area contributed by atoms with Gasteiger partial charge in [0.25, 0.3) is 5.91 Å². The molecule has 2 aliphatic heterocycles. The lowest BCUT2D eigenvalue weighted by Crippen LogP contribution is -2.36. The van der Waals surface area contributed by atoms with Crippen LogP contribution < -0.4 is 14.9 Å². The van der Waals surface area contributed by atoms with Crippen LogP contribution in [0.4, 0.5) is 5.69 Å². The van der Waals surface area contributed by atoms with Crippen LogP contribution in [0.3, 0.4) is 0 Å². The third-order valence-electron chi connectivity index (χ3n) is 5.95. The fourth-order valence-electron chi connectivity index (χ4n) is 4.38. The average molecular weight is 560 g/mol. The van der Waals surface area contributed by atoms with Gasteiger partial charge in [0, 0.05) is 21.5 Å². The van der Waals surface area contributed by atoms with Gasteiger partial charge in [-0.25, -0.2) is 0 Å². The zero-order valence-corrected chi connectivity index (χ0v) is 21.2. The number of thioether (sulfide) groups is 1. The van der Waals surface area contributed by atoms with Crippen LogP contribution in [0, 0.1) is 5.92 Å². The maximum atomic E-state index is 13.2. The number of carboxylic acids is 1. The molecule has 0 unspecified atom stereocenters. The van der Waals surface area contributed by atoms with Gasteiger partial charge in [-0.3, -0.25) is 28.9 Å². The van der Waals surface area contributed by atoms with Crippen LogP contribution in [0.15, 0.2) is 58.4 Å². The highest BCUT2D eigenvalue weighted by Crippen LogP contribution is 2.52. The minimum absolute atomic E-state index is 0.243. The number of amides is 3. The summed E-state index contributed by atoms with van der Waals surface area (Å²) in [5, 5.41) is 12.1. The van der Waals surface area contributed by atoms with Gasteiger partial charge in [-0.15, -0.1) is 0 Å². The molecule has 2 aliphatic rings. The van der Waals surface area contributed by atoms with Crippen LogP contribution in [0.2, 0.25) is 5.02 Å².